The maximum atomic E-state index is 9.07. The van der Waals surface area contributed by atoms with Gasteiger partial charge in [-0.1, -0.05) is 20.3 Å². The molecule has 0 aliphatic carbocycles. The average Bonchev–Trinajstić information content (AvgIpc) is 2.48. The standard InChI is InChI=1S/C13H21N3/c1-6-8(2)10(4)16-11(5)9(3)12(7-14)13(16)15/h8,10H,6,15H2,1-5H3. The number of nitriles is 1. The molecule has 0 radical (unpaired) electrons. The number of anilines is 1. The van der Waals surface area contributed by atoms with E-state index in [9.17, 15) is 0 Å². The summed E-state index contributed by atoms with van der Waals surface area (Å²) in [5.41, 5.74) is 8.80. The van der Waals surface area contributed by atoms with Gasteiger partial charge in [0, 0.05) is 11.7 Å². The normalized spacial score (nSPS) is 14.5. The van der Waals surface area contributed by atoms with Crippen LogP contribution in [0.25, 0.3) is 0 Å². The van der Waals surface area contributed by atoms with Crippen LogP contribution in [0.5, 0.6) is 0 Å². The molecule has 1 rings (SSSR count). The van der Waals surface area contributed by atoms with Crippen LogP contribution in [-0.4, -0.2) is 4.57 Å². The molecule has 0 fully saturated rings. The molecule has 2 atom stereocenters. The second-order valence-electron chi connectivity index (χ2n) is 4.58. The van der Waals surface area contributed by atoms with Crippen molar-refractivity contribution in [2.45, 2.75) is 47.1 Å². The molecule has 2 unspecified atom stereocenters. The lowest BCUT2D eigenvalue weighted by Crippen LogP contribution is -2.16. The Balaban J connectivity index is 3.31. The fourth-order valence-corrected chi connectivity index (χ4v) is 2.12. The number of nitrogens with two attached hydrogens (primary N) is 1. The summed E-state index contributed by atoms with van der Waals surface area (Å²) >= 11 is 0. The summed E-state index contributed by atoms with van der Waals surface area (Å²) in [4.78, 5) is 0. The maximum Gasteiger partial charge on any atom is 0.122 e. The van der Waals surface area contributed by atoms with Crippen LogP contribution in [0.1, 0.15) is 50.1 Å². The van der Waals surface area contributed by atoms with Gasteiger partial charge >= 0.3 is 0 Å². The average molecular weight is 219 g/mol. The summed E-state index contributed by atoms with van der Waals surface area (Å²) in [5.74, 6) is 1.17. The van der Waals surface area contributed by atoms with Crippen LogP contribution in [-0.2, 0) is 0 Å². The van der Waals surface area contributed by atoms with E-state index in [1.807, 2.05) is 13.8 Å². The van der Waals surface area contributed by atoms with Crippen molar-refractivity contribution in [3.63, 3.8) is 0 Å². The van der Waals surface area contributed by atoms with E-state index in [0.717, 1.165) is 17.7 Å². The number of rotatable bonds is 3. The van der Waals surface area contributed by atoms with Gasteiger partial charge in [0.25, 0.3) is 0 Å². The Hall–Kier alpha value is -1.43. The summed E-state index contributed by atoms with van der Waals surface area (Å²) in [5, 5.41) is 9.07. The monoisotopic (exact) mass is 219 g/mol. The molecule has 1 heterocycles. The van der Waals surface area contributed by atoms with Crippen LogP contribution in [0.15, 0.2) is 0 Å². The van der Waals surface area contributed by atoms with Gasteiger partial charge in [0.1, 0.15) is 11.9 Å². The minimum Gasteiger partial charge on any atom is -0.384 e. The summed E-state index contributed by atoms with van der Waals surface area (Å²) in [6, 6.07) is 2.53. The highest BCUT2D eigenvalue weighted by atomic mass is 15.1. The zero-order chi connectivity index (χ0) is 12.5. The van der Waals surface area contributed by atoms with Crippen LogP contribution >= 0.6 is 0 Å². The Morgan fingerprint density at radius 2 is 1.94 bits per heavy atom. The third kappa shape index (κ3) is 1.80. The molecule has 0 saturated heterocycles. The molecular weight excluding hydrogens is 198 g/mol. The highest BCUT2D eigenvalue weighted by Gasteiger charge is 2.21. The Morgan fingerprint density at radius 3 is 2.31 bits per heavy atom. The molecule has 0 amide bonds. The summed E-state index contributed by atoms with van der Waals surface area (Å²) in [6.07, 6.45) is 1.11. The molecule has 0 bridgehead atoms. The molecule has 0 aliphatic heterocycles. The van der Waals surface area contributed by atoms with Crippen LogP contribution in [0, 0.1) is 31.1 Å². The van der Waals surface area contributed by atoms with Gasteiger partial charge in [0.2, 0.25) is 0 Å². The maximum absolute atomic E-state index is 9.07. The number of nitrogen functional groups attached to an aromatic ring is 1. The smallest absolute Gasteiger partial charge is 0.122 e. The van der Waals surface area contributed by atoms with Crippen molar-refractivity contribution in [1.29, 1.82) is 5.26 Å². The predicted molar refractivity (Wildman–Crippen MR) is 67.2 cm³/mol. The number of hydrogen-bond acceptors (Lipinski definition) is 2. The molecule has 0 saturated carbocycles. The highest BCUT2D eigenvalue weighted by Crippen LogP contribution is 2.31. The van der Waals surface area contributed by atoms with E-state index in [0.29, 0.717) is 23.3 Å². The molecule has 16 heavy (non-hydrogen) atoms. The quantitative estimate of drug-likeness (QED) is 0.849. The van der Waals surface area contributed by atoms with Gasteiger partial charge in [-0.2, -0.15) is 5.26 Å². The van der Waals surface area contributed by atoms with E-state index < -0.39 is 0 Å². The third-order valence-corrected chi connectivity index (χ3v) is 3.78. The van der Waals surface area contributed by atoms with Crippen molar-refractivity contribution in [2.75, 3.05) is 5.73 Å². The number of hydrogen-bond donors (Lipinski definition) is 1. The van der Waals surface area contributed by atoms with Gasteiger partial charge in [-0.05, 0) is 32.3 Å². The van der Waals surface area contributed by atoms with Crippen LogP contribution < -0.4 is 5.73 Å². The fraction of sp³-hybridized carbons (Fsp3) is 0.615. The molecule has 88 valence electrons. The van der Waals surface area contributed by atoms with Gasteiger partial charge < -0.3 is 10.3 Å². The highest BCUT2D eigenvalue weighted by molar-refractivity contribution is 5.58. The summed E-state index contributed by atoms with van der Waals surface area (Å²) in [6.45, 7) is 10.5. The van der Waals surface area contributed by atoms with Crippen molar-refractivity contribution < 1.29 is 0 Å². The molecule has 0 aromatic carbocycles. The van der Waals surface area contributed by atoms with Gasteiger partial charge in [-0.25, -0.2) is 0 Å². The lowest BCUT2D eigenvalue weighted by atomic mass is 10.0. The van der Waals surface area contributed by atoms with Crippen molar-refractivity contribution in [1.82, 2.24) is 4.57 Å². The van der Waals surface area contributed by atoms with Crippen LogP contribution in [0.2, 0.25) is 0 Å². The number of nitrogens with zero attached hydrogens (tertiary/aromatic N) is 2. The molecule has 0 aliphatic rings. The van der Waals surface area contributed by atoms with Gasteiger partial charge in [0.05, 0.1) is 5.56 Å². The second kappa shape index (κ2) is 4.61. The second-order valence-corrected chi connectivity index (χ2v) is 4.58. The van der Waals surface area contributed by atoms with E-state index in [-0.39, 0.29) is 0 Å². The van der Waals surface area contributed by atoms with Crippen molar-refractivity contribution in [3.8, 4) is 6.07 Å². The molecule has 3 nitrogen and oxygen atoms in total. The van der Waals surface area contributed by atoms with E-state index in [1.54, 1.807) is 0 Å². The first-order chi connectivity index (χ1) is 7.45. The Morgan fingerprint density at radius 1 is 1.38 bits per heavy atom. The van der Waals surface area contributed by atoms with Crippen molar-refractivity contribution in [2.24, 2.45) is 5.92 Å². The minimum atomic E-state index is 0.339. The van der Waals surface area contributed by atoms with Gasteiger partial charge in [-0.3, -0.25) is 0 Å². The molecule has 2 N–H and O–H groups in total. The van der Waals surface area contributed by atoms with E-state index >= 15 is 0 Å². The summed E-state index contributed by atoms with van der Waals surface area (Å²) < 4.78 is 2.10. The van der Waals surface area contributed by atoms with E-state index in [1.165, 1.54) is 0 Å². The SMILES string of the molecule is CCC(C)C(C)n1c(C)c(C)c(C#N)c1N. The van der Waals surface area contributed by atoms with E-state index in [4.69, 9.17) is 11.0 Å². The summed E-state index contributed by atoms with van der Waals surface area (Å²) in [7, 11) is 0. The first-order valence-electron chi connectivity index (χ1n) is 5.82. The zero-order valence-corrected chi connectivity index (χ0v) is 10.8. The van der Waals surface area contributed by atoms with E-state index in [2.05, 4.69) is 31.4 Å². The topological polar surface area (TPSA) is 54.7 Å². The Labute approximate surface area is 97.9 Å². The van der Waals surface area contributed by atoms with Crippen LogP contribution in [0.3, 0.4) is 0 Å². The molecule has 3 heteroatoms. The molecule has 1 aromatic rings. The van der Waals surface area contributed by atoms with Gasteiger partial charge in [0.15, 0.2) is 0 Å². The predicted octanol–water partition coefficient (Wildman–Crippen LogP) is 3.17. The van der Waals surface area contributed by atoms with Crippen molar-refractivity contribution >= 4 is 5.82 Å². The Kier molecular flexibility index (Phi) is 3.64. The first kappa shape index (κ1) is 12.6. The fourth-order valence-electron chi connectivity index (χ4n) is 2.12. The Bertz CT molecular complexity index is 423. The lowest BCUT2D eigenvalue weighted by Gasteiger charge is -2.23. The molecule has 1 aromatic heterocycles. The molecular formula is C13H21N3. The largest absolute Gasteiger partial charge is 0.384 e. The zero-order valence-electron chi connectivity index (χ0n) is 10.8. The van der Waals surface area contributed by atoms with Crippen molar-refractivity contribution in [3.05, 3.63) is 16.8 Å². The van der Waals surface area contributed by atoms with Gasteiger partial charge in [-0.15, -0.1) is 0 Å². The number of aromatic nitrogens is 1. The lowest BCUT2D eigenvalue weighted by molar-refractivity contribution is 0.369. The molecule has 0 spiro atoms. The first-order valence-corrected chi connectivity index (χ1v) is 5.82. The third-order valence-electron chi connectivity index (χ3n) is 3.78. The van der Waals surface area contributed by atoms with Crippen LogP contribution in [0.4, 0.5) is 5.82 Å². The minimum absolute atomic E-state index is 0.339.